The van der Waals surface area contributed by atoms with Crippen molar-refractivity contribution in [2.24, 2.45) is 0 Å². The number of hydrogen-bond donors (Lipinski definition) is 1. The molecule has 1 aliphatic carbocycles. The van der Waals surface area contributed by atoms with Gasteiger partial charge in [-0.2, -0.15) is 0 Å². The highest BCUT2D eigenvalue weighted by molar-refractivity contribution is 5.91. The van der Waals surface area contributed by atoms with Gasteiger partial charge in [0.1, 0.15) is 5.82 Å². The predicted octanol–water partition coefficient (Wildman–Crippen LogP) is 3.23. The van der Waals surface area contributed by atoms with Crippen molar-refractivity contribution in [3.8, 4) is 11.5 Å². The van der Waals surface area contributed by atoms with Gasteiger partial charge in [-0.25, -0.2) is 4.39 Å². The van der Waals surface area contributed by atoms with Crippen LogP contribution in [0.3, 0.4) is 0 Å². The second-order valence-electron chi connectivity index (χ2n) is 6.57. The summed E-state index contributed by atoms with van der Waals surface area (Å²) in [5.41, 5.74) is 0.397. The Labute approximate surface area is 163 Å². The number of anilines is 1. The van der Waals surface area contributed by atoms with E-state index < -0.39 is 5.82 Å². The molecule has 2 aromatic carbocycles. The molecule has 1 saturated carbocycles. The molecule has 0 saturated heterocycles. The SMILES string of the molecule is COc1ccccc1OCC(=O)N(CCC(=O)Nc1cccc(F)c1)C1CC1. The number of nitrogens with zero attached hydrogens (tertiary/aromatic N) is 1. The minimum atomic E-state index is -0.416. The maximum atomic E-state index is 13.2. The third-order valence-electron chi connectivity index (χ3n) is 4.42. The molecule has 148 valence electrons. The Bertz CT molecular complexity index is 839. The van der Waals surface area contributed by atoms with Crippen molar-refractivity contribution >= 4 is 17.5 Å². The van der Waals surface area contributed by atoms with Gasteiger partial charge >= 0.3 is 0 Å². The number of amides is 2. The highest BCUT2D eigenvalue weighted by Gasteiger charge is 2.32. The summed E-state index contributed by atoms with van der Waals surface area (Å²) in [5.74, 6) is 0.198. The number of rotatable bonds is 9. The molecule has 1 N–H and O–H groups in total. The van der Waals surface area contributed by atoms with Crippen LogP contribution in [0.4, 0.5) is 10.1 Å². The van der Waals surface area contributed by atoms with E-state index >= 15 is 0 Å². The van der Waals surface area contributed by atoms with Gasteiger partial charge in [-0.1, -0.05) is 18.2 Å². The standard InChI is InChI=1S/C21H23FN2O4/c1-27-18-7-2-3-8-19(18)28-14-21(26)24(17-9-10-17)12-11-20(25)23-16-6-4-5-15(22)13-16/h2-8,13,17H,9-12,14H2,1H3,(H,23,25). The largest absolute Gasteiger partial charge is 0.493 e. The Morgan fingerprint density at radius 2 is 1.89 bits per heavy atom. The second-order valence-corrected chi connectivity index (χ2v) is 6.57. The van der Waals surface area contributed by atoms with Gasteiger partial charge in [0, 0.05) is 24.7 Å². The van der Waals surface area contributed by atoms with Gasteiger partial charge in [0.05, 0.1) is 7.11 Å². The molecule has 1 fully saturated rings. The zero-order valence-electron chi connectivity index (χ0n) is 15.7. The van der Waals surface area contributed by atoms with Crippen LogP contribution in [0, 0.1) is 5.82 Å². The number of carbonyl (C=O) groups excluding carboxylic acids is 2. The van der Waals surface area contributed by atoms with Crippen molar-refractivity contribution in [2.45, 2.75) is 25.3 Å². The van der Waals surface area contributed by atoms with E-state index in [1.807, 2.05) is 6.07 Å². The minimum absolute atomic E-state index is 0.123. The van der Waals surface area contributed by atoms with Crippen LogP contribution in [0.15, 0.2) is 48.5 Å². The summed E-state index contributed by atoms with van der Waals surface area (Å²) >= 11 is 0. The average molecular weight is 386 g/mol. The molecular weight excluding hydrogens is 363 g/mol. The van der Waals surface area contributed by atoms with E-state index in [9.17, 15) is 14.0 Å². The van der Waals surface area contributed by atoms with Gasteiger partial charge in [0.25, 0.3) is 5.91 Å². The first-order valence-electron chi connectivity index (χ1n) is 9.17. The Kier molecular flexibility index (Phi) is 6.47. The first-order chi connectivity index (χ1) is 13.6. The van der Waals surface area contributed by atoms with E-state index in [1.165, 1.54) is 25.3 Å². The van der Waals surface area contributed by atoms with E-state index in [4.69, 9.17) is 9.47 Å². The number of carbonyl (C=O) groups is 2. The fourth-order valence-electron chi connectivity index (χ4n) is 2.87. The summed E-state index contributed by atoms with van der Waals surface area (Å²) in [4.78, 5) is 26.4. The lowest BCUT2D eigenvalue weighted by atomic mass is 10.3. The fourth-order valence-corrected chi connectivity index (χ4v) is 2.87. The second kappa shape index (κ2) is 9.21. The highest BCUT2D eigenvalue weighted by Crippen LogP contribution is 2.28. The summed E-state index contributed by atoms with van der Waals surface area (Å²) in [6.45, 7) is 0.169. The van der Waals surface area contributed by atoms with Crippen LogP contribution < -0.4 is 14.8 Å². The van der Waals surface area contributed by atoms with Gasteiger partial charge in [0.15, 0.2) is 18.1 Å². The van der Waals surface area contributed by atoms with Crippen molar-refractivity contribution in [1.82, 2.24) is 4.90 Å². The monoisotopic (exact) mass is 386 g/mol. The average Bonchev–Trinajstić information content (AvgIpc) is 3.52. The molecule has 2 amide bonds. The maximum absolute atomic E-state index is 13.2. The molecule has 2 aromatic rings. The number of para-hydroxylation sites is 2. The Hall–Kier alpha value is -3.09. The molecule has 0 radical (unpaired) electrons. The number of ether oxygens (including phenoxy) is 2. The number of benzene rings is 2. The van der Waals surface area contributed by atoms with Crippen LogP contribution >= 0.6 is 0 Å². The molecule has 0 heterocycles. The van der Waals surface area contributed by atoms with Gasteiger partial charge < -0.3 is 19.7 Å². The smallest absolute Gasteiger partial charge is 0.260 e. The van der Waals surface area contributed by atoms with Crippen LogP contribution in [-0.4, -0.2) is 43.0 Å². The summed E-state index contributed by atoms with van der Waals surface area (Å²) in [5, 5.41) is 2.64. The first-order valence-corrected chi connectivity index (χ1v) is 9.17. The lowest BCUT2D eigenvalue weighted by molar-refractivity contribution is -0.134. The third-order valence-corrected chi connectivity index (χ3v) is 4.42. The van der Waals surface area contributed by atoms with Crippen LogP contribution in [-0.2, 0) is 9.59 Å². The summed E-state index contributed by atoms with van der Waals surface area (Å²) < 4.78 is 24.0. The molecule has 0 aromatic heterocycles. The molecule has 0 spiro atoms. The molecule has 1 aliphatic rings. The van der Waals surface area contributed by atoms with Crippen LogP contribution in [0.25, 0.3) is 0 Å². The minimum Gasteiger partial charge on any atom is -0.493 e. The third kappa shape index (κ3) is 5.45. The molecular formula is C21H23FN2O4. The van der Waals surface area contributed by atoms with E-state index in [1.54, 1.807) is 29.2 Å². The van der Waals surface area contributed by atoms with Gasteiger partial charge in [0.2, 0.25) is 5.91 Å². The maximum Gasteiger partial charge on any atom is 0.260 e. The molecule has 0 bridgehead atoms. The normalized spacial score (nSPS) is 12.9. The lowest BCUT2D eigenvalue weighted by Crippen LogP contribution is -2.38. The number of halogens is 1. The fraction of sp³-hybridized carbons (Fsp3) is 0.333. The Balaban J connectivity index is 1.51. The van der Waals surface area contributed by atoms with Crippen LogP contribution in [0.1, 0.15) is 19.3 Å². The predicted molar refractivity (Wildman–Crippen MR) is 103 cm³/mol. The number of nitrogens with one attached hydrogen (secondary N) is 1. The topological polar surface area (TPSA) is 67.9 Å². The molecule has 28 heavy (non-hydrogen) atoms. The van der Waals surface area contributed by atoms with Crippen molar-refractivity contribution < 1.29 is 23.5 Å². The van der Waals surface area contributed by atoms with E-state index in [2.05, 4.69) is 5.32 Å². The van der Waals surface area contributed by atoms with Crippen molar-refractivity contribution in [3.63, 3.8) is 0 Å². The Morgan fingerprint density at radius 1 is 1.14 bits per heavy atom. The zero-order chi connectivity index (χ0) is 19.9. The highest BCUT2D eigenvalue weighted by atomic mass is 19.1. The van der Waals surface area contributed by atoms with E-state index in [0.717, 1.165) is 12.8 Å². The molecule has 0 aliphatic heterocycles. The molecule has 0 unspecified atom stereocenters. The summed E-state index contributed by atoms with van der Waals surface area (Å²) in [6, 6.07) is 13.0. The van der Waals surface area contributed by atoms with E-state index in [0.29, 0.717) is 23.7 Å². The van der Waals surface area contributed by atoms with Gasteiger partial charge in [-0.05, 0) is 43.2 Å². The van der Waals surface area contributed by atoms with Crippen molar-refractivity contribution in [2.75, 3.05) is 25.6 Å². The van der Waals surface area contributed by atoms with E-state index in [-0.39, 0.29) is 30.9 Å². The van der Waals surface area contributed by atoms with Crippen molar-refractivity contribution in [1.29, 1.82) is 0 Å². The van der Waals surface area contributed by atoms with Crippen molar-refractivity contribution in [3.05, 3.63) is 54.3 Å². The lowest BCUT2D eigenvalue weighted by Gasteiger charge is -2.22. The first kappa shape index (κ1) is 19.7. The zero-order valence-corrected chi connectivity index (χ0v) is 15.7. The summed E-state index contributed by atoms with van der Waals surface area (Å²) in [6.07, 6.45) is 1.98. The number of hydrogen-bond acceptors (Lipinski definition) is 4. The quantitative estimate of drug-likeness (QED) is 0.719. The van der Waals surface area contributed by atoms with Gasteiger partial charge in [-0.3, -0.25) is 9.59 Å². The summed E-state index contributed by atoms with van der Waals surface area (Å²) in [7, 11) is 1.54. The molecule has 6 nitrogen and oxygen atoms in total. The molecule has 0 atom stereocenters. The van der Waals surface area contributed by atoms with Crippen LogP contribution in [0.2, 0.25) is 0 Å². The molecule has 3 rings (SSSR count). The van der Waals surface area contributed by atoms with Crippen LogP contribution in [0.5, 0.6) is 11.5 Å². The number of methoxy groups -OCH3 is 1. The Morgan fingerprint density at radius 3 is 2.57 bits per heavy atom. The molecule has 7 heteroatoms. The van der Waals surface area contributed by atoms with Gasteiger partial charge in [-0.15, -0.1) is 0 Å².